The van der Waals surface area contributed by atoms with Crippen LogP contribution in [0, 0.1) is 11.8 Å². The lowest BCUT2D eigenvalue weighted by Gasteiger charge is -2.36. The quantitative estimate of drug-likeness (QED) is 0.432. The van der Waals surface area contributed by atoms with E-state index in [0.29, 0.717) is 18.9 Å². The van der Waals surface area contributed by atoms with Gasteiger partial charge in [-0.1, -0.05) is 25.1 Å². The maximum atomic E-state index is 14.2. The SMILES string of the molecule is C[C@@H]1CCCCO[C@H](CN(C)CC2CC2)[C@@H](C)CN([C@@H](C)CO)C(=O)c2cc(NS(=O)(=O)c3ccccc3)ccc2O1. The van der Waals surface area contributed by atoms with Gasteiger partial charge in [0.1, 0.15) is 5.75 Å². The number of ether oxygens (including phenoxy) is 2. The highest BCUT2D eigenvalue weighted by Crippen LogP contribution is 2.31. The van der Waals surface area contributed by atoms with Crippen LogP contribution in [0.2, 0.25) is 0 Å². The van der Waals surface area contributed by atoms with Crippen LogP contribution >= 0.6 is 0 Å². The summed E-state index contributed by atoms with van der Waals surface area (Å²) in [5.41, 5.74) is 0.513. The van der Waals surface area contributed by atoms with Crippen molar-refractivity contribution in [3.05, 3.63) is 54.1 Å². The molecule has 2 aromatic carbocycles. The number of aliphatic hydroxyl groups is 1. The van der Waals surface area contributed by atoms with Crippen molar-refractivity contribution in [2.75, 3.05) is 44.6 Å². The van der Waals surface area contributed by atoms with E-state index < -0.39 is 16.1 Å². The predicted octanol–water partition coefficient (Wildman–Crippen LogP) is 4.62. The number of anilines is 1. The molecule has 0 aromatic heterocycles. The number of carbonyl (C=O) groups is 1. The molecule has 2 N–H and O–H groups in total. The van der Waals surface area contributed by atoms with Gasteiger partial charge in [0.25, 0.3) is 15.9 Å². The average molecular weight is 602 g/mol. The van der Waals surface area contributed by atoms with E-state index in [1.165, 1.54) is 31.0 Å². The maximum Gasteiger partial charge on any atom is 0.261 e. The van der Waals surface area contributed by atoms with Crippen molar-refractivity contribution in [3.63, 3.8) is 0 Å². The third-order valence-corrected chi connectivity index (χ3v) is 9.51. The number of likely N-dealkylation sites (N-methyl/N-ethyl adjacent to an activating group) is 1. The molecule has 4 rings (SSSR count). The van der Waals surface area contributed by atoms with Crippen LogP contribution in [0.3, 0.4) is 0 Å². The van der Waals surface area contributed by atoms with Crippen molar-refractivity contribution in [3.8, 4) is 5.75 Å². The summed E-state index contributed by atoms with van der Waals surface area (Å²) in [6.45, 7) is 8.50. The minimum atomic E-state index is -3.86. The van der Waals surface area contributed by atoms with Gasteiger partial charge >= 0.3 is 0 Å². The number of nitrogens with one attached hydrogen (secondary N) is 1. The summed E-state index contributed by atoms with van der Waals surface area (Å²) in [4.78, 5) is 18.4. The second-order valence-electron chi connectivity index (χ2n) is 12.1. The summed E-state index contributed by atoms with van der Waals surface area (Å²) in [5, 5.41) is 10.1. The van der Waals surface area contributed by atoms with Gasteiger partial charge in [-0.05, 0) is 89.2 Å². The highest BCUT2D eigenvalue weighted by atomic mass is 32.2. The zero-order valence-electron chi connectivity index (χ0n) is 25.4. The Bertz CT molecular complexity index is 1270. The van der Waals surface area contributed by atoms with Crippen molar-refractivity contribution < 1.29 is 27.8 Å². The highest BCUT2D eigenvalue weighted by Gasteiger charge is 2.31. The zero-order chi connectivity index (χ0) is 30.3. The van der Waals surface area contributed by atoms with Crippen molar-refractivity contribution in [2.24, 2.45) is 11.8 Å². The Balaban J connectivity index is 1.65. The van der Waals surface area contributed by atoms with Crippen LogP contribution in [0.25, 0.3) is 0 Å². The molecule has 2 aromatic rings. The molecular weight excluding hydrogens is 554 g/mol. The van der Waals surface area contributed by atoms with Gasteiger partial charge in [0.15, 0.2) is 0 Å². The van der Waals surface area contributed by atoms with E-state index in [1.807, 2.05) is 13.8 Å². The van der Waals surface area contributed by atoms with Crippen molar-refractivity contribution in [2.45, 2.75) is 76.0 Å². The van der Waals surface area contributed by atoms with E-state index in [-0.39, 0.29) is 46.8 Å². The fraction of sp³-hybridized carbons (Fsp3) is 0.594. The molecule has 1 aliphatic carbocycles. The lowest BCUT2D eigenvalue weighted by Crippen LogP contribution is -2.47. The Hall–Kier alpha value is -2.66. The molecule has 0 saturated heterocycles. The van der Waals surface area contributed by atoms with Gasteiger partial charge in [0.2, 0.25) is 0 Å². The second kappa shape index (κ2) is 14.7. The fourth-order valence-corrected chi connectivity index (χ4v) is 6.46. The topological polar surface area (TPSA) is 108 Å². The first-order valence-corrected chi connectivity index (χ1v) is 16.7. The van der Waals surface area contributed by atoms with Gasteiger partial charge in [-0.15, -0.1) is 0 Å². The molecule has 4 atom stereocenters. The largest absolute Gasteiger partial charge is 0.490 e. The molecule has 1 saturated carbocycles. The normalized spacial score (nSPS) is 23.5. The highest BCUT2D eigenvalue weighted by molar-refractivity contribution is 7.92. The number of hydrogen-bond donors (Lipinski definition) is 2. The molecule has 1 amide bonds. The molecule has 1 heterocycles. The van der Waals surface area contributed by atoms with Crippen LogP contribution in [0.5, 0.6) is 5.75 Å². The molecule has 0 bridgehead atoms. The van der Waals surface area contributed by atoms with Crippen LogP contribution in [-0.4, -0.2) is 87.4 Å². The molecule has 0 radical (unpaired) electrons. The number of benzene rings is 2. The van der Waals surface area contributed by atoms with E-state index in [4.69, 9.17) is 9.47 Å². The molecule has 9 nitrogen and oxygen atoms in total. The van der Waals surface area contributed by atoms with Crippen LogP contribution in [0.1, 0.15) is 63.2 Å². The number of aliphatic hydroxyl groups excluding tert-OH is 1. The van der Waals surface area contributed by atoms with Crippen molar-refractivity contribution >= 4 is 21.6 Å². The van der Waals surface area contributed by atoms with Crippen LogP contribution in [0.15, 0.2) is 53.4 Å². The molecule has 2 aliphatic rings. The number of sulfonamides is 1. The molecule has 1 fully saturated rings. The van der Waals surface area contributed by atoms with Gasteiger partial charge in [-0.25, -0.2) is 8.42 Å². The van der Waals surface area contributed by atoms with E-state index in [0.717, 1.165) is 38.3 Å². The molecule has 42 heavy (non-hydrogen) atoms. The van der Waals surface area contributed by atoms with E-state index in [9.17, 15) is 18.3 Å². The van der Waals surface area contributed by atoms with Gasteiger partial charge in [0.05, 0.1) is 35.3 Å². The van der Waals surface area contributed by atoms with Gasteiger partial charge < -0.3 is 24.4 Å². The summed E-state index contributed by atoms with van der Waals surface area (Å²) in [6, 6.07) is 12.4. The summed E-state index contributed by atoms with van der Waals surface area (Å²) in [5.74, 6) is 0.832. The number of nitrogens with zero attached hydrogens (tertiary/aromatic N) is 2. The number of fused-ring (bicyclic) bond motifs is 1. The lowest BCUT2D eigenvalue weighted by molar-refractivity contribution is -0.0172. The molecular formula is C32H47N3O6S. The molecule has 232 valence electrons. The number of carbonyl (C=O) groups excluding carboxylic acids is 1. The summed E-state index contributed by atoms with van der Waals surface area (Å²) >= 11 is 0. The Morgan fingerprint density at radius 2 is 1.81 bits per heavy atom. The van der Waals surface area contributed by atoms with Crippen LogP contribution in [0.4, 0.5) is 5.69 Å². The first-order chi connectivity index (χ1) is 20.1. The summed E-state index contributed by atoms with van der Waals surface area (Å²) in [6.07, 6.45) is 4.95. The predicted molar refractivity (Wildman–Crippen MR) is 164 cm³/mol. The number of rotatable bonds is 9. The van der Waals surface area contributed by atoms with Crippen LogP contribution < -0.4 is 9.46 Å². The van der Waals surface area contributed by atoms with E-state index in [2.05, 4.69) is 23.6 Å². The standard InChI is InChI=1S/C32H47N3O6S/c1-23-19-35(24(2)22-36)32(37)29-18-27(33-42(38,39)28-11-6-5-7-12-28)15-16-30(29)41-25(3)10-8-9-17-40-31(23)21-34(4)20-26-13-14-26/h5-7,11-12,15-16,18,23-26,31,33,36H,8-10,13-14,17,19-22H2,1-4H3/t23-,24-,25+,31+/m0/s1. The van der Waals surface area contributed by atoms with Gasteiger partial charge in [-0.2, -0.15) is 0 Å². The zero-order valence-corrected chi connectivity index (χ0v) is 26.2. The minimum absolute atomic E-state index is 0.00407. The van der Waals surface area contributed by atoms with E-state index >= 15 is 0 Å². The van der Waals surface area contributed by atoms with Crippen LogP contribution in [-0.2, 0) is 14.8 Å². The average Bonchev–Trinajstić information content (AvgIpc) is 3.78. The third-order valence-electron chi connectivity index (χ3n) is 8.12. The summed E-state index contributed by atoms with van der Waals surface area (Å²) < 4.78 is 41.4. The monoisotopic (exact) mass is 601 g/mol. The Labute approximate surface area is 251 Å². The second-order valence-corrected chi connectivity index (χ2v) is 13.8. The molecule has 0 spiro atoms. The molecule has 10 heteroatoms. The first-order valence-electron chi connectivity index (χ1n) is 15.2. The number of hydrogen-bond acceptors (Lipinski definition) is 7. The Morgan fingerprint density at radius 3 is 2.50 bits per heavy atom. The van der Waals surface area contributed by atoms with Gasteiger partial charge in [-0.3, -0.25) is 9.52 Å². The minimum Gasteiger partial charge on any atom is -0.490 e. The van der Waals surface area contributed by atoms with E-state index in [1.54, 1.807) is 35.2 Å². The fourth-order valence-electron chi connectivity index (χ4n) is 5.39. The Morgan fingerprint density at radius 1 is 1.07 bits per heavy atom. The van der Waals surface area contributed by atoms with Crippen molar-refractivity contribution in [1.82, 2.24) is 9.80 Å². The smallest absolute Gasteiger partial charge is 0.261 e. The van der Waals surface area contributed by atoms with Gasteiger partial charge in [0, 0.05) is 37.8 Å². The lowest BCUT2D eigenvalue weighted by atomic mass is 10.0. The Kier molecular flexibility index (Phi) is 11.3. The first kappa shape index (κ1) is 32.3. The third kappa shape index (κ3) is 8.92. The number of amides is 1. The summed E-state index contributed by atoms with van der Waals surface area (Å²) in [7, 11) is -1.73. The molecule has 0 unspecified atom stereocenters. The van der Waals surface area contributed by atoms with Crippen molar-refractivity contribution in [1.29, 1.82) is 0 Å². The molecule has 1 aliphatic heterocycles. The maximum absolute atomic E-state index is 14.2.